The van der Waals surface area contributed by atoms with Gasteiger partial charge in [0.2, 0.25) is 0 Å². The molecule has 0 radical (unpaired) electrons. The summed E-state index contributed by atoms with van der Waals surface area (Å²) in [5.74, 6) is -0.114. The molecule has 106 valence electrons. The Hall–Kier alpha value is -2.17. The molecule has 0 bridgehead atoms. The third-order valence-electron chi connectivity index (χ3n) is 3.34. The molecule has 5 heteroatoms. The summed E-state index contributed by atoms with van der Waals surface area (Å²) in [5.41, 5.74) is 3.32. The molecular weight excluding hydrogens is 252 g/mol. The number of aromatic nitrogens is 3. The van der Waals surface area contributed by atoms with Crippen LogP contribution in [0.4, 0.5) is 0 Å². The van der Waals surface area contributed by atoms with Gasteiger partial charge in [-0.3, -0.25) is 9.78 Å². The van der Waals surface area contributed by atoms with Crippen LogP contribution in [0.2, 0.25) is 0 Å². The van der Waals surface area contributed by atoms with Crippen LogP contribution in [0.1, 0.15) is 46.8 Å². The number of rotatable bonds is 4. The van der Waals surface area contributed by atoms with E-state index >= 15 is 0 Å². The van der Waals surface area contributed by atoms with E-state index in [1.165, 1.54) is 0 Å². The van der Waals surface area contributed by atoms with Gasteiger partial charge >= 0.3 is 0 Å². The topological polar surface area (TPSA) is 59.8 Å². The SMILES string of the molecule is CCC(NC(=O)c1c(C)ncn1C)c1ccc(C)cn1. The number of nitrogens with one attached hydrogen (secondary N) is 1. The lowest BCUT2D eigenvalue weighted by molar-refractivity contribution is 0.0925. The normalized spacial score (nSPS) is 12.2. The molecule has 1 atom stereocenters. The van der Waals surface area contributed by atoms with E-state index in [4.69, 9.17) is 0 Å². The molecular formula is C15H20N4O. The summed E-state index contributed by atoms with van der Waals surface area (Å²) in [5, 5.41) is 3.02. The molecule has 2 aromatic heterocycles. The lowest BCUT2D eigenvalue weighted by Crippen LogP contribution is -2.30. The maximum absolute atomic E-state index is 12.4. The summed E-state index contributed by atoms with van der Waals surface area (Å²) in [7, 11) is 1.82. The Morgan fingerprint density at radius 1 is 1.35 bits per heavy atom. The Morgan fingerprint density at radius 3 is 2.60 bits per heavy atom. The second kappa shape index (κ2) is 5.86. The first kappa shape index (κ1) is 14.2. The second-order valence-electron chi connectivity index (χ2n) is 4.98. The number of carbonyl (C=O) groups is 1. The summed E-state index contributed by atoms with van der Waals surface area (Å²) in [6.07, 6.45) is 4.26. The molecule has 5 nitrogen and oxygen atoms in total. The number of pyridine rings is 1. The summed E-state index contributed by atoms with van der Waals surface area (Å²) in [6.45, 7) is 5.86. The monoisotopic (exact) mass is 272 g/mol. The highest BCUT2D eigenvalue weighted by Gasteiger charge is 2.19. The van der Waals surface area contributed by atoms with Gasteiger partial charge in [0, 0.05) is 13.2 Å². The quantitative estimate of drug-likeness (QED) is 0.929. The van der Waals surface area contributed by atoms with E-state index in [1.807, 2.05) is 46.1 Å². The predicted octanol–water partition coefficient (Wildman–Crippen LogP) is 2.31. The molecule has 0 spiro atoms. The van der Waals surface area contributed by atoms with Crippen molar-refractivity contribution in [3.63, 3.8) is 0 Å². The summed E-state index contributed by atoms with van der Waals surface area (Å²) >= 11 is 0. The maximum atomic E-state index is 12.4. The molecule has 20 heavy (non-hydrogen) atoms. The van der Waals surface area contributed by atoms with Crippen LogP contribution in [0.15, 0.2) is 24.7 Å². The van der Waals surface area contributed by atoms with E-state index in [2.05, 4.69) is 15.3 Å². The highest BCUT2D eigenvalue weighted by atomic mass is 16.2. The highest BCUT2D eigenvalue weighted by Crippen LogP contribution is 2.16. The lowest BCUT2D eigenvalue weighted by atomic mass is 10.1. The van der Waals surface area contributed by atoms with Crippen LogP contribution in [-0.4, -0.2) is 20.4 Å². The van der Waals surface area contributed by atoms with Crippen LogP contribution in [0, 0.1) is 13.8 Å². The van der Waals surface area contributed by atoms with E-state index in [9.17, 15) is 4.79 Å². The highest BCUT2D eigenvalue weighted by molar-refractivity contribution is 5.93. The van der Waals surface area contributed by atoms with Gasteiger partial charge in [-0.1, -0.05) is 13.0 Å². The molecule has 0 saturated carbocycles. The number of amides is 1. The molecule has 2 rings (SSSR count). The Labute approximate surface area is 119 Å². The standard InChI is InChI=1S/C15H20N4O/c1-5-12(13-7-6-10(2)8-16-13)18-15(20)14-11(3)17-9-19(14)4/h6-9,12H,5H2,1-4H3,(H,18,20). The molecule has 0 fully saturated rings. The van der Waals surface area contributed by atoms with Crippen LogP contribution in [-0.2, 0) is 7.05 Å². The molecule has 0 aromatic carbocycles. The second-order valence-corrected chi connectivity index (χ2v) is 4.98. The lowest BCUT2D eigenvalue weighted by Gasteiger charge is -2.17. The Kier molecular flexibility index (Phi) is 4.17. The van der Waals surface area contributed by atoms with E-state index < -0.39 is 0 Å². The van der Waals surface area contributed by atoms with Gasteiger partial charge in [-0.15, -0.1) is 0 Å². The predicted molar refractivity (Wildman–Crippen MR) is 77.4 cm³/mol. The van der Waals surface area contributed by atoms with Crippen molar-refractivity contribution in [3.8, 4) is 0 Å². The Morgan fingerprint density at radius 2 is 2.10 bits per heavy atom. The van der Waals surface area contributed by atoms with Crippen LogP contribution in [0.3, 0.4) is 0 Å². The fourth-order valence-corrected chi connectivity index (χ4v) is 2.17. The summed E-state index contributed by atoms with van der Waals surface area (Å²) in [4.78, 5) is 20.9. The van der Waals surface area contributed by atoms with Crippen molar-refractivity contribution in [3.05, 3.63) is 47.3 Å². The molecule has 2 aromatic rings. The maximum Gasteiger partial charge on any atom is 0.270 e. The van der Waals surface area contributed by atoms with Crippen LogP contribution >= 0.6 is 0 Å². The van der Waals surface area contributed by atoms with Crippen molar-refractivity contribution in [1.82, 2.24) is 19.9 Å². The summed E-state index contributed by atoms with van der Waals surface area (Å²) < 4.78 is 1.74. The zero-order chi connectivity index (χ0) is 14.7. The first-order valence-corrected chi connectivity index (χ1v) is 6.74. The van der Waals surface area contributed by atoms with Gasteiger partial charge in [-0.25, -0.2) is 4.98 Å². The van der Waals surface area contributed by atoms with E-state index in [1.54, 1.807) is 10.9 Å². The van der Waals surface area contributed by atoms with Crippen LogP contribution in [0.5, 0.6) is 0 Å². The fraction of sp³-hybridized carbons (Fsp3) is 0.400. The van der Waals surface area contributed by atoms with Gasteiger partial charge < -0.3 is 9.88 Å². The smallest absolute Gasteiger partial charge is 0.270 e. The molecule has 2 heterocycles. The average molecular weight is 272 g/mol. The van der Waals surface area contributed by atoms with Gasteiger partial charge in [-0.2, -0.15) is 0 Å². The van der Waals surface area contributed by atoms with Gasteiger partial charge in [0.1, 0.15) is 5.69 Å². The number of imidazole rings is 1. The molecule has 1 unspecified atom stereocenters. The summed E-state index contributed by atoms with van der Waals surface area (Å²) in [6, 6.07) is 3.88. The number of nitrogens with zero attached hydrogens (tertiary/aromatic N) is 3. The minimum atomic E-state index is -0.114. The molecule has 0 aliphatic rings. The zero-order valence-electron chi connectivity index (χ0n) is 12.3. The van der Waals surface area contributed by atoms with Crippen LogP contribution in [0.25, 0.3) is 0 Å². The minimum Gasteiger partial charge on any atom is -0.342 e. The Balaban J connectivity index is 2.18. The van der Waals surface area contributed by atoms with Gasteiger partial charge in [0.25, 0.3) is 5.91 Å². The minimum absolute atomic E-state index is 0.0857. The van der Waals surface area contributed by atoms with Gasteiger partial charge in [-0.05, 0) is 31.9 Å². The van der Waals surface area contributed by atoms with Crippen molar-refractivity contribution >= 4 is 5.91 Å². The van der Waals surface area contributed by atoms with Crippen molar-refractivity contribution in [2.24, 2.45) is 7.05 Å². The van der Waals surface area contributed by atoms with E-state index in [0.29, 0.717) is 5.69 Å². The third-order valence-corrected chi connectivity index (χ3v) is 3.34. The first-order chi connectivity index (χ1) is 9.52. The van der Waals surface area contributed by atoms with E-state index in [-0.39, 0.29) is 11.9 Å². The molecule has 0 aliphatic heterocycles. The van der Waals surface area contributed by atoms with Crippen molar-refractivity contribution in [2.45, 2.75) is 33.2 Å². The van der Waals surface area contributed by atoms with Gasteiger partial charge in [0.15, 0.2) is 0 Å². The number of hydrogen-bond acceptors (Lipinski definition) is 3. The van der Waals surface area contributed by atoms with E-state index in [0.717, 1.165) is 23.4 Å². The number of aryl methyl sites for hydroxylation is 3. The largest absolute Gasteiger partial charge is 0.342 e. The fourth-order valence-electron chi connectivity index (χ4n) is 2.17. The van der Waals surface area contributed by atoms with Gasteiger partial charge in [0.05, 0.1) is 23.8 Å². The first-order valence-electron chi connectivity index (χ1n) is 6.74. The average Bonchev–Trinajstić information content (AvgIpc) is 2.76. The number of carbonyl (C=O) groups excluding carboxylic acids is 1. The van der Waals surface area contributed by atoms with Crippen molar-refractivity contribution < 1.29 is 4.79 Å². The zero-order valence-corrected chi connectivity index (χ0v) is 12.3. The van der Waals surface area contributed by atoms with Crippen LogP contribution < -0.4 is 5.32 Å². The van der Waals surface area contributed by atoms with Crippen molar-refractivity contribution in [1.29, 1.82) is 0 Å². The molecule has 0 saturated heterocycles. The Bertz CT molecular complexity index is 581. The molecule has 1 amide bonds. The number of hydrogen-bond donors (Lipinski definition) is 1. The molecule has 1 N–H and O–H groups in total. The molecule has 0 aliphatic carbocycles. The third kappa shape index (κ3) is 2.87. The van der Waals surface area contributed by atoms with Crippen molar-refractivity contribution in [2.75, 3.05) is 0 Å².